The van der Waals surface area contributed by atoms with Crippen LogP contribution in [0, 0.1) is 0 Å². The molecule has 3 aromatic rings. The van der Waals surface area contributed by atoms with Crippen LogP contribution in [0.1, 0.15) is 18.9 Å². The van der Waals surface area contributed by atoms with Gasteiger partial charge in [-0.15, -0.1) is 0 Å². The lowest BCUT2D eigenvalue weighted by atomic mass is 9.97. The Hall–Kier alpha value is -3.17. The smallest absolute Gasteiger partial charge is 0.232 e. The van der Waals surface area contributed by atoms with E-state index in [1.165, 1.54) is 6.20 Å². The van der Waals surface area contributed by atoms with Crippen LogP contribution in [0.15, 0.2) is 72.0 Å². The molecule has 172 valence electrons. The second kappa shape index (κ2) is 8.99. The molecule has 0 spiro atoms. The summed E-state index contributed by atoms with van der Waals surface area (Å²) in [6.45, 7) is 1.67. The van der Waals surface area contributed by atoms with Crippen LogP contribution in [0.4, 0.5) is 8.78 Å². The minimum atomic E-state index is -3.81. The van der Waals surface area contributed by atoms with Gasteiger partial charge < -0.3 is 10.1 Å². The summed E-state index contributed by atoms with van der Waals surface area (Å²) in [7, 11) is -3.81. The van der Waals surface area contributed by atoms with Crippen LogP contribution in [0.25, 0.3) is 27.9 Å². The Morgan fingerprint density at radius 3 is 2.70 bits per heavy atom. The molecule has 0 bridgehead atoms. The first-order valence-electron chi connectivity index (χ1n) is 10.1. The Morgan fingerprint density at radius 1 is 1.27 bits per heavy atom. The van der Waals surface area contributed by atoms with Gasteiger partial charge in [-0.25, -0.2) is 22.2 Å². The number of allylic oxidation sites excluding steroid dienone is 4. The van der Waals surface area contributed by atoms with E-state index in [-0.39, 0.29) is 11.3 Å². The van der Waals surface area contributed by atoms with Crippen molar-refractivity contribution in [1.29, 1.82) is 0 Å². The zero-order chi connectivity index (χ0) is 23.8. The third-order valence-corrected chi connectivity index (χ3v) is 6.87. The van der Waals surface area contributed by atoms with E-state index in [4.69, 9.17) is 11.6 Å². The quantitative estimate of drug-likeness (QED) is 0.393. The Kier molecular flexibility index (Phi) is 6.27. The summed E-state index contributed by atoms with van der Waals surface area (Å²) in [5.74, 6) is -2.06. The molecule has 1 aliphatic rings. The third kappa shape index (κ3) is 4.65. The maximum Gasteiger partial charge on any atom is 0.232 e. The largest absolute Gasteiger partial charge is 0.507 e. The van der Waals surface area contributed by atoms with Crippen molar-refractivity contribution >= 4 is 38.4 Å². The van der Waals surface area contributed by atoms with E-state index in [1.807, 2.05) is 0 Å². The van der Waals surface area contributed by atoms with Gasteiger partial charge in [-0.05, 0) is 42.3 Å². The van der Waals surface area contributed by atoms with Crippen LogP contribution in [0.2, 0.25) is 5.02 Å². The molecule has 1 atom stereocenters. The molecule has 0 aliphatic heterocycles. The van der Waals surface area contributed by atoms with Gasteiger partial charge in [-0.1, -0.05) is 30.7 Å². The summed E-state index contributed by atoms with van der Waals surface area (Å²) in [5, 5.41) is 11.9. The predicted molar refractivity (Wildman–Crippen MR) is 125 cm³/mol. The van der Waals surface area contributed by atoms with Crippen molar-refractivity contribution in [2.75, 3.05) is 5.75 Å². The number of aliphatic hydroxyl groups is 1. The average molecular weight is 492 g/mol. The van der Waals surface area contributed by atoms with E-state index in [1.54, 1.807) is 43.5 Å². The van der Waals surface area contributed by atoms with Gasteiger partial charge in [0.15, 0.2) is 12.0 Å². The number of aromatic amines is 1. The number of nitrogens with one attached hydrogen (secondary N) is 2. The first-order chi connectivity index (χ1) is 15.7. The molecule has 0 saturated carbocycles. The van der Waals surface area contributed by atoms with Crippen molar-refractivity contribution in [2.45, 2.75) is 19.5 Å². The number of nitrogens with zero attached hydrogens (tertiary/aromatic N) is 1. The number of fused-ring (bicyclic) bond motifs is 1. The van der Waals surface area contributed by atoms with Gasteiger partial charge in [0.05, 0.1) is 17.0 Å². The molecular formula is C23H20ClF2N3O3S. The molecule has 1 aliphatic carbocycles. The predicted octanol–water partition coefficient (Wildman–Crippen LogP) is 5.57. The fourth-order valence-electron chi connectivity index (χ4n) is 3.56. The highest BCUT2D eigenvalue weighted by Gasteiger charge is 2.29. The van der Waals surface area contributed by atoms with Crippen LogP contribution in [0.5, 0.6) is 0 Å². The van der Waals surface area contributed by atoms with Crippen molar-refractivity contribution in [3.05, 3.63) is 82.6 Å². The van der Waals surface area contributed by atoms with Crippen molar-refractivity contribution in [3.63, 3.8) is 0 Å². The zero-order valence-corrected chi connectivity index (χ0v) is 19.0. The van der Waals surface area contributed by atoms with E-state index in [2.05, 4.69) is 14.7 Å². The summed E-state index contributed by atoms with van der Waals surface area (Å²) in [5.41, 5.74) is 0.971. The van der Waals surface area contributed by atoms with E-state index >= 15 is 4.39 Å². The Labute approximate surface area is 194 Å². The monoisotopic (exact) mass is 491 g/mol. The number of hydrogen-bond donors (Lipinski definition) is 3. The second-order valence-corrected chi connectivity index (χ2v) is 9.78. The normalized spacial score (nSPS) is 18.1. The molecule has 6 nitrogen and oxygen atoms in total. The Bertz CT molecular complexity index is 1410. The highest BCUT2D eigenvalue weighted by atomic mass is 35.5. The van der Waals surface area contributed by atoms with E-state index < -0.39 is 39.1 Å². The fourth-order valence-corrected chi connectivity index (χ4v) is 4.82. The maximum absolute atomic E-state index is 15.2. The number of hydrogen-bond acceptors (Lipinski definition) is 4. The van der Waals surface area contributed by atoms with Crippen molar-refractivity contribution in [3.8, 4) is 11.1 Å². The number of H-pyrrole nitrogens is 1. The van der Waals surface area contributed by atoms with Gasteiger partial charge in [0.1, 0.15) is 11.4 Å². The van der Waals surface area contributed by atoms with Crippen LogP contribution >= 0.6 is 11.6 Å². The topological polar surface area (TPSA) is 95.1 Å². The number of pyridine rings is 1. The molecule has 1 aromatic carbocycles. The number of benzene rings is 1. The number of halogens is 3. The lowest BCUT2D eigenvalue weighted by molar-refractivity contribution is 0.414. The van der Waals surface area contributed by atoms with Gasteiger partial charge in [0.25, 0.3) is 0 Å². The standard InChI is InChI=1S/C23H20ClF2N3O3S/c1-2-9-33(31,32)29-19-8-7-18(25)20(21(19)26)22(30)17-12-28-23-16(17)10-14(11-27-23)13-3-5-15(24)6-4-13/h3-8,10-12,18,29-30H,2,9H2,1H3,(H,27,28)/b22-20+. The highest BCUT2D eigenvalue weighted by Crippen LogP contribution is 2.36. The molecule has 0 fully saturated rings. The molecule has 0 saturated heterocycles. The van der Waals surface area contributed by atoms with E-state index in [0.29, 0.717) is 28.0 Å². The maximum atomic E-state index is 15.2. The summed E-state index contributed by atoms with van der Waals surface area (Å²) < 4.78 is 56.1. The summed E-state index contributed by atoms with van der Waals surface area (Å²) in [6, 6.07) is 8.78. The number of aromatic nitrogens is 2. The fraction of sp³-hybridized carbons (Fsp3) is 0.174. The molecule has 2 heterocycles. The lowest BCUT2D eigenvalue weighted by Crippen LogP contribution is -2.27. The molecule has 4 rings (SSSR count). The molecule has 1 unspecified atom stereocenters. The summed E-state index contributed by atoms with van der Waals surface area (Å²) in [4.78, 5) is 7.20. The molecule has 0 amide bonds. The minimum Gasteiger partial charge on any atom is -0.507 e. The number of alkyl halides is 1. The third-order valence-electron chi connectivity index (χ3n) is 5.14. The number of aliphatic hydroxyl groups excluding tert-OH is 1. The van der Waals surface area contributed by atoms with Crippen LogP contribution in [-0.2, 0) is 10.0 Å². The molecule has 0 radical (unpaired) electrons. The number of rotatable bonds is 6. The van der Waals surface area contributed by atoms with Gasteiger partial charge in [-0.2, -0.15) is 0 Å². The Morgan fingerprint density at radius 2 is 2.00 bits per heavy atom. The molecule has 3 N–H and O–H groups in total. The van der Waals surface area contributed by atoms with Crippen molar-refractivity contribution in [1.82, 2.24) is 14.7 Å². The first kappa shape index (κ1) is 23.0. The van der Waals surface area contributed by atoms with Crippen molar-refractivity contribution < 1.29 is 22.3 Å². The van der Waals surface area contributed by atoms with Crippen molar-refractivity contribution in [2.24, 2.45) is 0 Å². The molecule has 2 aromatic heterocycles. The van der Waals surface area contributed by atoms with Crippen LogP contribution in [0.3, 0.4) is 0 Å². The molecule has 10 heteroatoms. The van der Waals surface area contributed by atoms with Gasteiger partial charge >= 0.3 is 0 Å². The van der Waals surface area contributed by atoms with Gasteiger partial charge in [0.2, 0.25) is 10.0 Å². The van der Waals surface area contributed by atoms with E-state index in [0.717, 1.165) is 17.7 Å². The highest BCUT2D eigenvalue weighted by molar-refractivity contribution is 7.89. The molecule has 33 heavy (non-hydrogen) atoms. The Balaban J connectivity index is 1.81. The second-order valence-electron chi connectivity index (χ2n) is 7.50. The average Bonchev–Trinajstić information content (AvgIpc) is 3.19. The van der Waals surface area contributed by atoms with E-state index in [9.17, 15) is 17.9 Å². The summed E-state index contributed by atoms with van der Waals surface area (Å²) in [6.07, 6.45) is 3.36. The van der Waals surface area contributed by atoms with Crippen LogP contribution in [-0.4, -0.2) is 35.4 Å². The lowest BCUT2D eigenvalue weighted by Gasteiger charge is -2.19. The zero-order valence-electron chi connectivity index (χ0n) is 17.4. The van der Waals surface area contributed by atoms with Gasteiger partial charge in [-0.3, -0.25) is 4.72 Å². The first-order valence-corrected chi connectivity index (χ1v) is 12.1. The molecular weight excluding hydrogens is 472 g/mol. The SMILES string of the molecule is CCCS(=O)(=O)NC1=C(F)/C(=C(/O)c2c[nH]c3ncc(-c4ccc(Cl)cc4)cc23)C(F)C=C1. The van der Waals surface area contributed by atoms with Gasteiger partial charge in [0, 0.05) is 33.9 Å². The summed E-state index contributed by atoms with van der Waals surface area (Å²) >= 11 is 5.94. The van der Waals surface area contributed by atoms with Crippen LogP contribution < -0.4 is 4.72 Å². The number of sulfonamides is 1. The minimum absolute atomic E-state index is 0.132.